The number of carboxylic acid groups (broad SMARTS) is 1. The Bertz CT molecular complexity index is 156. The van der Waals surface area contributed by atoms with E-state index < -0.39 is 14.0 Å². The molecule has 1 N–H and O–H groups in total. The SMILES string of the molecule is COP(=O)(OC)OC(=O)O. The summed E-state index contributed by atoms with van der Waals surface area (Å²) in [6, 6.07) is 0. The van der Waals surface area contributed by atoms with Crippen LogP contribution in [0.4, 0.5) is 4.79 Å². The van der Waals surface area contributed by atoms with Crippen molar-refractivity contribution in [2.45, 2.75) is 0 Å². The van der Waals surface area contributed by atoms with Crippen LogP contribution >= 0.6 is 7.82 Å². The molecule has 0 bridgehead atoms. The van der Waals surface area contributed by atoms with E-state index in [1.807, 2.05) is 0 Å². The van der Waals surface area contributed by atoms with Crippen LogP contribution in [0.2, 0.25) is 0 Å². The van der Waals surface area contributed by atoms with Crippen molar-refractivity contribution in [1.82, 2.24) is 0 Å². The van der Waals surface area contributed by atoms with Gasteiger partial charge in [0.1, 0.15) is 0 Å². The minimum Gasteiger partial charge on any atom is -0.449 e. The summed E-state index contributed by atoms with van der Waals surface area (Å²) in [5.74, 6) is 0. The molecule has 7 heteroatoms. The Hall–Kier alpha value is -0.580. The molecular formula is C3H7O6P. The number of phosphoric acid groups is 1. The molecule has 0 fully saturated rings. The quantitative estimate of drug-likeness (QED) is 0.638. The number of phosphoric ester groups is 1. The van der Waals surface area contributed by atoms with E-state index in [4.69, 9.17) is 5.11 Å². The van der Waals surface area contributed by atoms with Gasteiger partial charge in [-0.1, -0.05) is 0 Å². The highest BCUT2D eigenvalue weighted by molar-refractivity contribution is 7.49. The van der Waals surface area contributed by atoms with Gasteiger partial charge in [-0.3, -0.25) is 9.05 Å². The summed E-state index contributed by atoms with van der Waals surface area (Å²) >= 11 is 0. The maximum absolute atomic E-state index is 10.7. The maximum Gasteiger partial charge on any atom is 0.534 e. The van der Waals surface area contributed by atoms with Crippen LogP contribution in [0.25, 0.3) is 0 Å². The van der Waals surface area contributed by atoms with Crippen LogP contribution in [0.3, 0.4) is 0 Å². The first-order valence-electron chi connectivity index (χ1n) is 2.18. The minimum atomic E-state index is -3.84. The highest BCUT2D eigenvalue weighted by Crippen LogP contribution is 2.47. The topological polar surface area (TPSA) is 82.1 Å². The van der Waals surface area contributed by atoms with Crippen molar-refractivity contribution < 1.29 is 28.0 Å². The third-order valence-corrected chi connectivity index (χ3v) is 1.91. The summed E-state index contributed by atoms with van der Waals surface area (Å²) in [7, 11) is -1.79. The predicted molar refractivity (Wildman–Crippen MR) is 30.7 cm³/mol. The number of hydrogen-bond acceptors (Lipinski definition) is 5. The van der Waals surface area contributed by atoms with Crippen LogP contribution in [-0.4, -0.2) is 25.5 Å². The molecule has 0 aliphatic heterocycles. The van der Waals surface area contributed by atoms with Gasteiger partial charge >= 0.3 is 14.0 Å². The van der Waals surface area contributed by atoms with Crippen molar-refractivity contribution in [2.75, 3.05) is 14.2 Å². The Labute approximate surface area is 57.3 Å². The first-order valence-corrected chi connectivity index (χ1v) is 3.64. The highest BCUT2D eigenvalue weighted by Gasteiger charge is 2.27. The van der Waals surface area contributed by atoms with Crippen LogP contribution in [0.15, 0.2) is 0 Å². The minimum absolute atomic E-state index is 1.02. The average molecular weight is 170 g/mol. The molecule has 0 atom stereocenters. The van der Waals surface area contributed by atoms with Gasteiger partial charge in [-0.25, -0.2) is 9.36 Å². The van der Waals surface area contributed by atoms with Crippen molar-refractivity contribution in [3.8, 4) is 0 Å². The molecule has 0 aliphatic carbocycles. The largest absolute Gasteiger partial charge is 0.534 e. The molecule has 0 aromatic heterocycles. The number of hydrogen-bond donors (Lipinski definition) is 1. The van der Waals surface area contributed by atoms with E-state index in [1.54, 1.807) is 0 Å². The van der Waals surface area contributed by atoms with Crippen LogP contribution in [0, 0.1) is 0 Å². The van der Waals surface area contributed by atoms with Crippen LogP contribution < -0.4 is 0 Å². The zero-order valence-electron chi connectivity index (χ0n) is 5.44. The predicted octanol–water partition coefficient (Wildman–Crippen LogP) is 1.08. The Morgan fingerprint density at radius 3 is 1.90 bits per heavy atom. The Balaban J connectivity index is 4.07. The van der Waals surface area contributed by atoms with E-state index in [1.165, 1.54) is 0 Å². The molecule has 0 saturated heterocycles. The molecule has 6 nitrogen and oxygen atoms in total. The van der Waals surface area contributed by atoms with Crippen molar-refractivity contribution in [1.29, 1.82) is 0 Å². The van der Waals surface area contributed by atoms with Crippen molar-refractivity contribution in [2.24, 2.45) is 0 Å². The molecule has 0 unspecified atom stereocenters. The van der Waals surface area contributed by atoms with Crippen LogP contribution in [0.5, 0.6) is 0 Å². The van der Waals surface area contributed by atoms with Crippen LogP contribution in [0.1, 0.15) is 0 Å². The van der Waals surface area contributed by atoms with E-state index in [2.05, 4.69) is 13.6 Å². The molecule has 0 radical (unpaired) electrons. The monoisotopic (exact) mass is 170 g/mol. The standard InChI is InChI=1S/C3H7O6P/c1-7-10(6,8-2)9-3(4)5/h1-2H3,(H,4,5). The summed E-state index contributed by atoms with van der Waals surface area (Å²) in [4.78, 5) is 9.78. The molecule has 0 heterocycles. The smallest absolute Gasteiger partial charge is 0.449 e. The number of carbonyl (C=O) groups is 1. The van der Waals surface area contributed by atoms with E-state index in [0.717, 1.165) is 14.2 Å². The molecular weight excluding hydrogens is 163 g/mol. The second kappa shape index (κ2) is 3.55. The van der Waals surface area contributed by atoms with Gasteiger partial charge in [-0.15, -0.1) is 0 Å². The molecule has 0 amide bonds. The molecule has 0 aliphatic rings. The first kappa shape index (κ1) is 9.42. The van der Waals surface area contributed by atoms with Crippen molar-refractivity contribution >= 4 is 14.0 Å². The third kappa shape index (κ3) is 2.82. The van der Waals surface area contributed by atoms with Crippen molar-refractivity contribution in [3.05, 3.63) is 0 Å². The van der Waals surface area contributed by atoms with E-state index in [-0.39, 0.29) is 0 Å². The molecule has 0 aromatic carbocycles. The molecule has 10 heavy (non-hydrogen) atoms. The number of rotatable bonds is 3. The van der Waals surface area contributed by atoms with Gasteiger partial charge in [0.2, 0.25) is 0 Å². The third-order valence-electron chi connectivity index (χ3n) is 0.637. The highest BCUT2D eigenvalue weighted by atomic mass is 31.2. The molecule has 0 spiro atoms. The van der Waals surface area contributed by atoms with Gasteiger partial charge < -0.3 is 9.63 Å². The second-order valence-corrected chi connectivity index (χ2v) is 2.98. The van der Waals surface area contributed by atoms with Gasteiger partial charge in [0.25, 0.3) is 0 Å². The Kier molecular flexibility index (Phi) is 3.35. The van der Waals surface area contributed by atoms with Gasteiger partial charge in [0.15, 0.2) is 0 Å². The summed E-state index contributed by atoms with van der Waals surface area (Å²) in [6.45, 7) is 0. The molecule has 0 rings (SSSR count). The van der Waals surface area contributed by atoms with Gasteiger partial charge in [-0.2, -0.15) is 0 Å². The molecule has 0 aromatic rings. The Morgan fingerprint density at radius 2 is 1.80 bits per heavy atom. The summed E-state index contributed by atoms with van der Waals surface area (Å²) < 4.78 is 22.7. The molecule has 60 valence electrons. The first-order chi connectivity index (χ1) is 4.54. The van der Waals surface area contributed by atoms with E-state index >= 15 is 0 Å². The average Bonchev–Trinajstić information content (AvgIpc) is 1.87. The summed E-state index contributed by atoms with van der Waals surface area (Å²) in [5, 5.41) is 7.96. The fraction of sp³-hybridized carbons (Fsp3) is 0.667. The fourth-order valence-corrected chi connectivity index (χ4v) is 0.734. The van der Waals surface area contributed by atoms with Gasteiger partial charge in [-0.05, 0) is 0 Å². The lowest BCUT2D eigenvalue weighted by Crippen LogP contribution is -2.00. The van der Waals surface area contributed by atoms with Gasteiger partial charge in [0, 0.05) is 14.2 Å². The maximum atomic E-state index is 10.7. The Morgan fingerprint density at radius 1 is 1.40 bits per heavy atom. The summed E-state index contributed by atoms with van der Waals surface area (Å²) in [6.07, 6.45) is -1.70. The van der Waals surface area contributed by atoms with Crippen LogP contribution in [-0.2, 0) is 18.1 Å². The lowest BCUT2D eigenvalue weighted by atomic mass is 11.5. The zero-order chi connectivity index (χ0) is 8.20. The van der Waals surface area contributed by atoms with E-state index in [9.17, 15) is 9.36 Å². The fourth-order valence-electron chi connectivity index (χ4n) is 0.245. The lowest BCUT2D eigenvalue weighted by molar-refractivity contribution is 0.113. The van der Waals surface area contributed by atoms with Crippen molar-refractivity contribution in [3.63, 3.8) is 0 Å². The second-order valence-electron chi connectivity index (χ2n) is 1.17. The van der Waals surface area contributed by atoms with Gasteiger partial charge in [0.05, 0.1) is 0 Å². The molecule has 0 saturated carbocycles. The zero-order valence-corrected chi connectivity index (χ0v) is 6.33. The van der Waals surface area contributed by atoms with E-state index in [0.29, 0.717) is 0 Å². The normalized spacial score (nSPS) is 11.0. The summed E-state index contributed by atoms with van der Waals surface area (Å²) in [5.41, 5.74) is 0. The lowest BCUT2D eigenvalue weighted by Gasteiger charge is -2.08.